The van der Waals surface area contributed by atoms with Crippen molar-refractivity contribution in [3.05, 3.63) is 76.3 Å². The number of hydrazone groups is 1. The SMILES string of the molecule is COc1cc(C=NNC(=O)c2ccc3c(c2)COC3)ccc1OC(=O)c1cc(OC)c(OC)c(OC)c1. The van der Waals surface area contributed by atoms with Crippen molar-refractivity contribution in [2.75, 3.05) is 28.4 Å². The number of methoxy groups -OCH3 is 4. The summed E-state index contributed by atoms with van der Waals surface area (Å²) >= 11 is 0. The van der Waals surface area contributed by atoms with Crippen molar-refractivity contribution >= 4 is 18.1 Å². The monoisotopic (exact) mass is 506 g/mol. The molecule has 0 saturated carbocycles. The first-order valence-corrected chi connectivity index (χ1v) is 11.2. The summed E-state index contributed by atoms with van der Waals surface area (Å²) in [6.07, 6.45) is 1.46. The van der Waals surface area contributed by atoms with Crippen LogP contribution in [0.25, 0.3) is 0 Å². The number of nitrogens with zero attached hydrogens (tertiary/aromatic N) is 1. The maximum atomic E-state index is 12.8. The van der Waals surface area contributed by atoms with Gasteiger partial charge in [0, 0.05) is 5.56 Å². The van der Waals surface area contributed by atoms with Crippen LogP contribution in [0.5, 0.6) is 28.7 Å². The molecule has 1 aliphatic heterocycles. The molecule has 0 aromatic heterocycles. The molecule has 1 heterocycles. The number of carbonyl (C=O) groups excluding carboxylic acids is 2. The number of esters is 1. The third kappa shape index (κ3) is 5.65. The van der Waals surface area contributed by atoms with Gasteiger partial charge >= 0.3 is 5.97 Å². The predicted molar refractivity (Wildman–Crippen MR) is 134 cm³/mol. The zero-order valence-electron chi connectivity index (χ0n) is 20.8. The van der Waals surface area contributed by atoms with Gasteiger partial charge in [-0.15, -0.1) is 0 Å². The van der Waals surface area contributed by atoms with E-state index in [-0.39, 0.29) is 17.2 Å². The summed E-state index contributed by atoms with van der Waals surface area (Å²) in [6.45, 7) is 1.06. The number of benzene rings is 3. The minimum atomic E-state index is -0.647. The Balaban J connectivity index is 1.45. The molecule has 192 valence electrons. The Kier molecular flexibility index (Phi) is 7.89. The second kappa shape index (κ2) is 11.4. The Labute approximate surface area is 213 Å². The second-order valence-electron chi connectivity index (χ2n) is 7.89. The normalized spacial score (nSPS) is 12.1. The predicted octanol–water partition coefficient (Wildman–Crippen LogP) is 3.73. The van der Waals surface area contributed by atoms with E-state index in [9.17, 15) is 9.59 Å². The molecule has 0 bridgehead atoms. The topological polar surface area (TPSA) is 114 Å². The molecular weight excluding hydrogens is 480 g/mol. The minimum absolute atomic E-state index is 0.197. The molecule has 0 fully saturated rings. The number of hydrogen-bond acceptors (Lipinski definition) is 9. The summed E-state index contributed by atoms with van der Waals surface area (Å²) in [5.41, 5.74) is 5.89. The Morgan fingerprint density at radius 2 is 1.49 bits per heavy atom. The van der Waals surface area contributed by atoms with Crippen LogP contribution in [0.4, 0.5) is 0 Å². The maximum absolute atomic E-state index is 12.8. The summed E-state index contributed by atoms with van der Waals surface area (Å²) in [4.78, 5) is 25.3. The van der Waals surface area contributed by atoms with E-state index in [1.807, 2.05) is 6.07 Å². The van der Waals surface area contributed by atoms with Crippen LogP contribution in [0.3, 0.4) is 0 Å². The molecule has 0 spiro atoms. The van der Waals surface area contributed by atoms with E-state index in [0.717, 1.165) is 11.1 Å². The first kappa shape index (κ1) is 25.5. The Morgan fingerprint density at radius 3 is 2.16 bits per heavy atom. The highest BCUT2D eigenvalue weighted by Crippen LogP contribution is 2.38. The Bertz CT molecular complexity index is 1330. The molecule has 37 heavy (non-hydrogen) atoms. The van der Waals surface area contributed by atoms with E-state index in [4.69, 9.17) is 28.4 Å². The highest BCUT2D eigenvalue weighted by Gasteiger charge is 2.20. The number of rotatable bonds is 9. The molecule has 10 nitrogen and oxygen atoms in total. The van der Waals surface area contributed by atoms with Crippen molar-refractivity contribution < 1.29 is 38.0 Å². The number of fused-ring (bicyclic) bond motifs is 1. The quantitative estimate of drug-likeness (QED) is 0.202. The minimum Gasteiger partial charge on any atom is -0.493 e. The molecule has 10 heteroatoms. The molecule has 4 rings (SSSR count). The van der Waals surface area contributed by atoms with Gasteiger partial charge in [0.2, 0.25) is 5.75 Å². The Morgan fingerprint density at radius 1 is 0.784 bits per heavy atom. The van der Waals surface area contributed by atoms with Crippen molar-refractivity contribution in [1.29, 1.82) is 0 Å². The highest BCUT2D eigenvalue weighted by atomic mass is 16.6. The molecule has 0 radical (unpaired) electrons. The summed E-state index contributed by atoms with van der Waals surface area (Å²) in [5.74, 6) is 0.516. The summed E-state index contributed by atoms with van der Waals surface area (Å²) in [7, 11) is 5.84. The van der Waals surface area contributed by atoms with Gasteiger partial charge in [-0.25, -0.2) is 10.2 Å². The van der Waals surface area contributed by atoms with Crippen LogP contribution in [0.2, 0.25) is 0 Å². The number of amides is 1. The van der Waals surface area contributed by atoms with Crippen LogP contribution in [0, 0.1) is 0 Å². The van der Waals surface area contributed by atoms with Gasteiger partial charge in [0.05, 0.1) is 53.4 Å². The third-order valence-corrected chi connectivity index (χ3v) is 5.65. The first-order chi connectivity index (χ1) is 18.0. The van der Waals surface area contributed by atoms with Crippen molar-refractivity contribution in [3.8, 4) is 28.7 Å². The molecule has 0 saturated heterocycles. The van der Waals surface area contributed by atoms with Crippen molar-refractivity contribution in [1.82, 2.24) is 5.43 Å². The molecule has 0 atom stereocenters. The largest absolute Gasteiger partial charge is 0.493 e. The van der Waals surface area contributed by atoms with E-state index in [1.54, 1.807) is 30.3 Å². The number of carbonyl (C=O) groups is 2. The fraction of sp³-hybridized carbons (Fsp3) is 0.222. The van der Waals surface area contributed by atoms with Gasteiger partial charge < -0.3 is 28.4 Å². The average Bonchev–Trinajstić information content (AvgIpc) is 3.40. The fourth-order valence-corrected chi connectivity index (χ4v) is 3.75. The van der Waals surface area contributed by atoms with Crippen molar-refractivity contribution in [3.63, 3.8) is 0 Å². The summed E-state index contributed by atoms with van der Waals surface area (Å²) in [6, 6.07) is 13.3. The number of hydrogen-bond donors (Lipinski definition) is 1. The second-order valence-corrected chi connectivity index (χ2v) is 7.89. The first-order valence-electron chi connectivity index (χ1n) is 11.2. The number of ether oxygens (including phenoxy) is 6. The lowest BCUT2D eigenvalue weighted by Crippen LogP contribution is -2.17. The fourth-order valence-electron chi connectivity index (χ4n) is 3.75. The van der Waals surface area contributed by atoms with Crippen LogP contribution in [-0.2, 0) is 18.0 Å². The molecule has 1 N–H and O–H groups in total. The van der Waals surface area contributed by atoms with Gasteiger partial charge in [-0.1, -0.05) is 6.07 Å². The van der Waals surface area contributed by atoms with Gasteiger partial charge in [0.15, 0.2) is 23.0 Å². The van der Waals surface area contributed by atoms with Gasteiger partial charge in [-0.2, -0.15) is 5.10 Å². The lowest BCUT2D eigenvalue weighted by molar-refractivity contribution is 0.0728. The molecule has 3 aromatic carbocycles. The van der Waals surface area contributed by atoms with Crippen LogP contribution in [0.15, 0.2) is 53.6 Å². The van der Waals surface area contributed by atoms with Crippen LogP contribution >= 0.6 is 0 Å². The van der Waals surface area contributed by atoms with E-state index in [0.29, 0.717) is 47.3 Å². The van der Waals surface area contributed by atoms with E-state index < -0.39 is 5.97 Å². The van der Waals surface area contributed by atoms with E-state index in [1.165, 1.54) is 46.8 Å². The van der Waals surface area contributed by atoms with Crippen molar-refractivity contribution in [2.24, 2.45) is 5.10 Å². The molecular formula is C27H26N2O8. The molecule has 3 aromatic rings. The van der Waals surface area contributed by atoms with E-state index >= 15 is 0 Å². The van der Waals surface area contributed by atoms with Crippen LogP contribution in [0.1, 0.15) is 37.4 Å². The van der Waals surface area contributed by atoms with Gasteiger partial charge in [-0.05, 0) is 59.2 Å². The van der Waals surface area contributed by atoms with Gasteiger partial charge in [0.1, 0.15) is 0 Å². The summed E-state index contributed by atoms with van der Waals surface area (Å²) < 4.78 is 32.2. The Hall–Kier alpha value is -4.57. The van der Waals surface area contributed by atoms with Gasteiger partial charge in [-0.3, -0.25) is 4.79 Å². The standard InChI is InChI=1S/C27H26N2O8/c1-32-22-9-16(13-28-29-26(30)17-6-7-18-14-36-15-20(18)10-17)5-8-21(22)37-27(31)19-11-23(33-2)25(35-4)24(12-19)34-3/h5-13H,14-15H2,1-4H3,(H,29,30). The molecule has 0 unspecified atom stereocenters. The van der Waals surface area contributed by atoms with Crippen LogP contribution < -0.4 is 29.1 Å². The van der Waals surface area contributed by atoms with E-state index in [2.05, 4.69) is 10.5 Å². The molecule has 1 amide bonds. The number of nitrogens with one attached hydrogen (secondary N) is 1. The zero-order chi connectivity index (χ0) is 26.4. The maximum Gasteiger partial charge on any atom is 0.343 e. The van der Waals surface area contributed by atoms with Gasteiger partial charge in [0.25, 0.3) is 5.91 Å². The lowest BCUT2D eigenvalue weighted by Gasteiger charge is -2.14. The lowest BCUT2D eigenvalue weighted by atomic mass is 10.1. The average molecular weight is 507 g/mol. The highest BCUT2D eigenvalue weighted by molar-refractivity contribution is 5.95. The smallest absolute Gasteiger partial charge is 0.343 e. The molecule has 1 aliphatic rings. The van der Waals surface area contributed by atoms with Crippen LogP contribution in [-0.4, -0.2) is 46.5 Å². The zero-order valence-corrected chi connectivity index (χ0v) is 20.8. The summed E-state index contributed by atoms with van der Waals surface area (Å²) in [5, 5.41) is 4.02. The van der Waals surface area contributed by atoms with Crippen molar-refractivity contribution in [2.45, 2.75) is 13.2 Å². The molecule has 0 aliphatic carbocycles. The third-order valence-electron chi connectivity index (χ3n) is 5.65.